The summed E-state index contributed by atoms with van der Waals surface area (Å²) in [5, 5.41) is 4.36. The van der Waals surface area contributed by atoms with Crippen molar-refractivity contribution >= 4 is 22.8 Å². The highest BCUT2D eigenvalue weighted by Crippen LogP contribution is 2.25. The summed E-state index contributed by atoms with van der Waals surface area (Å²) in [5.41, 5.74) is 4.60. The fourth-order valence-electron chi connectivity index (χ4n) is 4.18. The van der Waals surface area contributed by atoms with E-state index in [0.717, 1.165) is 61.5 Å². The molecular weight excluding hydrogens is 362 g/mol. The van der Waals surface area contributed by atoms with E-state index in [0.29, 0.717) is 6.54 Å². The zero-order valence-electron chi connectivity index (χ0n) is 17.2. The van der Waals surface area contributed by atoms with Gasteiger partial charge in [-0.2, -0.15) is 0 Å². The number of aryl methyl sites for hydroxylation is 1. The van der Waals surface area contributed by atoms with E-state index in [1.54, 1.807) is 0 Å². The Labute approximate surface area is 171 Å². The number of carbonyl (C=O) groups excluding carboxylic acids is 1. The molecule has 2 heterocycles. The second kappa shape index (κ2) is 8.64. The van der Waals surface area contributed by atoms with Gasteiger partial charge in [0, 0.05) is 54.5 Å². The lowest BCUT2D eigenvalue weighted by molar-refractivity contribution is -0.125. The number of H-pyrrole nitrogens is 1. The Kier molecular flexibility index (Phi) is 5.79. The first kappa shape index (κ1) is 19.4. The first-order valence-electron chi connectivity index (χ1n) is 10.6. The molecule has 0 saturated heterocycles. The van der Waals surface area contributed by atoms with Crippen LogP contribution < -0.4 is 10.2 Å². The molecule has 0 saturated carbocycles. The van der Waals surface area contributed by atoms with Gasteiger partial charge in [0.1, 0.15) is 0 Å². The Bertz CT molecular complexity index is 992. The van der Waals surface area contributed by atoms with E-state index in [2.05, 4.69) is 46.2 Å². The van der Waals surface area contributed by atoms with E-state index in [1.807, 2.05) is 24.5 Å². The molecule has 1 amide bonds. The van der Waals surface area contributed by atoms with Crippen LogP contribution in [0.5, 0.6) is 0 Å². The number of benzene rings is 1. The van der Waals surface area contributed by atoms with Crippen LogP contribution in [0.15, 0.2) is 36.7 Å². The van der Waals surface area contributed by atoms with Crippen molar-refractivity contribution in [1.29, 1.82) is 0 Å². The Hall–Kier alpha value is -2.89. The molecule has 6 heteroatoms. The Morgan fingerprint density at radius 3 is 2.93 bits per heavy atom. The minimum atomic E-state index is 0.00775. The van der Waals surface area contributed by atoms with Crippen LogP contribution in [0, 0.1) is 5.92 Å². The number of nitrogens with one attached hydrogen (secondary N) is 2. The van der Waals surface area contributed by atoms with E-state index in [1.165, 1.54) is 10.9 Å². The maximum atomic E-state index is 12.7. The predicted octanol–water partition coefficient (Wildman–Crippen LogP) is 3.27. The second-order valence-electron chi connectivity index (χ2n) is 7.65. The van der Waals surface area contributed by atoms with Crippen LogP contribution in [0.2, 0.25) is 0 Å². The molecule has 4 rings (SSSR count). The second-order valence-corrected chi connectivity index (χ2v) is 7.65. The van der Waals surface area contributed by atoms with Crippen LogP contribution in [-0.4, -0.2) is 40.5 Å². The molecule has 29 heavy (non-hydrogen) atoms. The van der Waals surface area contributed by atoms with Crippen molar-refractivity contribution in [2.24, 2.45) is 5.92 Å². The number of carbonyl (C=O) groups is 1. The molecule has 6 nitrogen and oxygen atoms in total. The Balaban J connectivity index is 1.33. The summed E-state index contributed by atoms with van der Waals surface area (Å²) in [5.74, 6) is 0.951. The summed E-state index contributed by atoms with van der Waals surface area (Å²) in [6, 6.07) is 8.27. The smallest absolute Gasteiger partial charge is 0.225 e. The van der Waals surface area contributed by atoms with Gasteiger partial charge in [-0.3, -0.25) is 4.79 Å². The Morgan fingerprint density at radius 1 is 1.28 bits per heavy atom. The lowest BCUT2D eigenvalue weighted by Gasteiger charge is -2.25. The SMILES string of the molecule is CCN(CC)c1ncc2c(n1)CC[C@@H](C(=O)NCCc1c[nH]c3ccccc13)C2. The van der Waals surface area contributed by atoms with E-state index in [-0.39, 0.29) is 11.8 Å². The molecule has 2 aromatic heterocycles. The molecule has 1 aliphatic carbocycles. The molecule has 0 radical (unpaired) electrons. The fourth-order valence-corrected chi connectivity index (χ4v) is 4.18. The molecule has 1 atom stereocenters. The van der Waals surface area contributed by atoms with E-state index in [9.17, 15) is 4.79 Å². The lowest BCUT2D eigenvalue weighted by Crippen LogP contribution is -2.35. The van der Waals surface area contributed by atoms with Crippen LogP contribution in [-0.2, 0) is 24.1 Å². The van der Waals surface area contributed by atoms with Crippen molar-refractivity contribution < 1.29 is 4.79 Å². The lowest BCUT2D eigenvalue weighted by atomic mass is 9.86. The van der Waals surface area contributed by atoms with Gasteiger partial charge in [-0.15, -0.1) is 0 Å². The van der Waals surface area contributed by atoms with Crippen molar-refractivity contribution in [3.63, 3.8) is 0 Å². The van der Waals surface area contributed by atoms with Gasteiger partial charge in [-0.05, 0) is 56.7 Å². The largest absolute Gasteiger partial charge is 0.361 e. The van der Waals surface area contributed by atoms with Gasteiger partial charge >= 0.3 is 0 Å². The molecule has 3 aromatic rings. The highest BCUT2D eigenvalue weighted by Gasteiger charge is 2.26. The zero-order chi connectivity index (χ0) is 20.2. The average Bonchev–Trinajstić information content (AvgIpc) is 3.17. The molecule has 1 aromatic carbocycles. The first-order chi connectivity index (χ1) is 14.2. The van der Waals surface area contributed by atoms with Crippen LogP contribution in [0.25, 0.3) is 10.9 Å². The summed E-state index contributed by atoms with van der Waals surface area (Å²) >= 11 is 0. The van der Waals surface area contributed by atoms with Gasteiger partial charge in [0.25, 0.3) is 0 Å². The number of hydrogen-bond acceptors (Lipinski definition) is 4. The summed E-state index contributed by atoms with van der Waals surface area (Å²) in [6.07, 6.45) is 7.20. The van der Waals surface area contributed by atoms with Crippen molar-refractivity contribution in [1.82, 2.24) is 20.3 Å². The molecule has 0 spiro atoms. The summed E-state index contributed by atoms with van der Waals surface area (Å²) in [6.45, 7) is 6.68. The van der Waals surface area contributed by atoms with Gasteiger partial charge in [-0.1, -0.05) is 18.2 Å². The third-order valence-electron chi connectivity index (χ3n) is 5.92. The quantitative estimate of drug-likeness (QED) is 0.648. The van der Waals surface area contributed by atoms with Gasteiger partial charge in [0.2, 0.25) is 11.9 Å². The zero-order valence-corrected chi connectivity index (χ0v) is 17.2. The number of fused-ring (bicyclic) bond motifs is 2. The molecule has 0 bridgehead atoms. The standard InChI is InChI=1S/C23H29N5O/c1-3-28(4-2)23-26-15-18-13-16(9-10-20(18)27-23)22(29)24-12-11-17-14-25-21-8-6-5-7-19(17)21/h5-8,14-16,25H,3-4,9-13H2,1-2H3,(H,24,29)/t16-/m1/s1. The summed E-state index contributed by atoms with van der Waals surface area (Å²) in [7, 11) is 0. The highest BCUT2D eigenvalue weighted by atomic mass is 16.1. The molecule has 152 valence electrons. The number of nitrogens with zero attached hydrogens (tertiary/aromatic N) is 3. The average molecular weight is 392 g/mol. The van der Waals surface area contributed by atoms with Crippen molar-refractivity contribution in [3.05, 3.63) is 53.5 Å². The third kappa shape index (κ3) is 4.11. The number of hydrogen-bond donors (Lipinski definition) is 2. The number of rotatable bonds is 7. The number of amides is 1. The van der Waals surface area contributed by atoms with Crippen LogP contribution in [0.3, 0.4) is 0 Å². The minimum Gasteiger partial charge on any atom is -0.361 e. The van der Waals surface area contributed by atoms with Crippen molar-refractivity contribution in [3.8, 4) is 0 Å². The highest BCUT2D eigenvalue weighted by molar-refractivity contribution is 5.83. The fraction of sp³-hybridized carbons (Fsp3) is 0.435. The molecule has 0 unspecified atom stereocenters. The summed E-state index contributed by atoms with van der Waals surface area (Å²) < 4.78 is 0. The van der Waals surface area contributed by atoms with E-state index in [4.69, 9.17) is 4.98 Å². The molecule has 0 fully saturated rings. The van der Waals surface area contributed by atoms with Crippen molar-refractivity contribution in [2.75, 3.05) is 24.5 Å². The molecule has 0 aliphatic heterocycles. The van der Waals surface area contributed by atoms with E-state index < -0.39 is 0 Å². The number of aromatic nitrogens is 3. The Morgan fingerprint density at radius 2 is 2.10 bits per heavy atom. The number of aromatic amines is 1. The van der Waals surface area contributed by atoms with Crippen LogP contribution >= 0.6 is 0 Å². The number of anilines is 1. The van der Waals surface area contributed by atoms with Gasteiger partial charge in [-0.25, -0.2) is 9.97 Å². The number of para-hydroxylation sites is 1. The maximum Gasteiger partial charge on any atom is 0.225 e. The molecule has 2 N–H and O–H groups in total. The van der Waals surface area contributed by atoms with Crippen molar-refractivity contribution in [2.45, 2.75) is 39.5 Å². The van der Waals surface area contributed by atoms with Gasteiger partial charge in [0.05, 0.1) is 0 Å². The monoisotopic (exact) mass is 391 g/mol. The molecular formula is C23H29N5O. The van der Waals surface area contributed by atoms with Crippen LogP contribution in [0.1, 0.15) is 37.1 Å². The minimum absolute atomic E-state index is 0.00775. The molecule has 1 aliphatic rings. The predicted molar refractivity (Wildman–Crippen MR) is 116 cm³/mol. The van der Waals surface area contributed by atoms with E-state index >= 15 is 0 Å². The summed E-state index contributed by atoms with van der Waals surface area (Å²) in [4.78, 5) is 27.4. The maximum absolute atomic E-state index is 12.7. The third-order valence-corrected chi connectivity index (χ3v) is 5.92. The van der Waals surface area contributed by atoms with Gasteiger partial charge < -0.3 is 15.2 Å². The first-order valence-corrected chi connectivity index (χ1v) is 10.6. The van der Waals surface area contributed by atoms with Crippen LogP contribution in [0.4, 0.5) is 5.95 Å². The topological polar surface area (TPSA) is 73.9 Å². The normalized spacial score (nSPS) is 15.9. The van der Waals surface area contributed by atoms with Gasteiger partial charge in [0.15, 0.2) is 0 Å².